The smallest absolute Gasteiger partial charge is 0.272 e. The minimum absolute atomic E-state index is 0.0576. The summed E-state index contributed by atoms with van der Waals surface area (Å²) in [5.74, 6) is 5.51. The van der Waals surface area contributed by atoms with Crippen LogP contribution in [0.25, 0.3) is 0 Å². The van der Waals surface area contributed by atoms with Crippen LogP contribution < -0.4 is 11.3 Å². The highest BCUT2D eigenvalue weighted by atomic mass is 16.2. The molecule has 1 fully saturated rings. The Morgan fingerprint density at radius 3 is 2.63 bits per heavy atom. The largest absolute Gasteiger partial charge is 0.335 e. The van der Waals surface area contributed by atoms with Crippen molar-refractivity contribution in [2.75, 3.05) is 38.1 Å². The number of nitrogen functional groups attached to an aromatic ring is 1. The molecule has 1 aliphatic rings. The molecule has 0 atom stereocenters. The minimum atomic E-state index is -0.0576. The molecule has 1 saturated heterocycles. The van der Waals surface area contributed by atoms with Crippen LogP contribution in [0.15, 0.2) is 6.07 Å². The number of nitrogens with two attached hydrogens (primary N) is 1. The van der Waals surface area contributed by atoms with E-state index in [0.29, 0.717) is 5.69 Å². The number of carbonyl (C=O) groups is 1. The number of aromatic nitrogens is 2. The molecule has 0 unspecified atom stereocenters. The van der Waals surface area contributed by atoms with E-state index in [1.807, 2.05) is 11.8 Å². The monoisotopic (exact) mass is 264 g/mol. The molecular weight excluding hydrogens is 244 g/mol. The van der Waals surface area contributed by atoms with Gasteiger partial charge in [-0.2, -0.15) is 0 Å². The Balaban J connectivity index is 2.09. The molecule has 0 radical (unpaired) electrons. The van der Waals surface area contributed by atoms with Gasteiger partial charge < -0.3 is 9.80 Å². The molecule has 3 N–H and O–H groups in total. The van der Waals surface area contributed by atoms with Gasteiger partial charge in [-0.15, -0.1) is 0 Å². The van der Waals surface area contributed by atoms with Crippen molar-refractivity contribution < 1.29 is 4.79 Å². The predicted octanol–water partition coefficient (Wildman–Crippen LogP) is -0.152. The number of nitrogens with one attached hydrogen (secondary N) is 1. The zero-order valence-electron chi connectivity index (χ0n) is 11.4. The lowest BCUT2D eigenvalue weighted by molar-refractivity contribution is 0.0637. The van der Waals surface area contributed by atoms with Crippen molar-refractivity contribution in [2.24, 2.45) is 5.84 Å². The second-order valence-electron chi connectivity index (χ2n) is 4.59. The summed E-state index contributed by atoms with van der Waals surface area (Å²) in [5.41, 5.74) is 3.50. The summed E-state index contributed by atoms with van der Waals surface area (Å²) in [7, 11) is 0. The quantitative estimate of drug-likeness (QED) is 0.583. The minimum Gasteiger partial charge on any atom is -0.335 e. The molecule has 0 aromatic carbocycles. The van der Waals surface area contributed by atoms with E-state index in [-0.39, 0.29) is 11.9 Å². The van der Waals surface area contributed by atoms with E-state index in [2.05, 4.69) is 27.2 Å². The van der Waals surface area contributed by atoms with E-state index < -0.39 is 0 Å². The first-order valence-corrected chi connectivity index (χ1v) is 6.48. The van der Waals surface area contributed by atoms with Crippen molar-refractivity contribution in [3.63, 3.8) is 0 Å². The molecule has 1 aromatic heterocycles. The van der Waals surface area contributed by atoms with Crippen LogP contribution in [0.1, 0.15) is 23.1 Å². The van der Waals surface area contributed by atoms with E-state index in [9.17, 15) is 4.79 Å². The fraction of sp³-hybridized carbons (Fsp3) is 0.583. The van der Waals surface area contributed by atoms with Crippen molar-refractivity contribution in [3.8, 4) is 0 Å². The third kappa shape index (κ3) is 3.18. The van der Waals surface area contributed by atoms with Crippen molar-refractivity contribution in [1.29, 1.82) is 0 Å². The molecule has 104 valence electrons. The number of hydrazine groups is 1. The average molecular weight is 264 g/mol. The number of aryl methyl sites for hydroxylation is 1. The number of hydrogen-bond donors (Lipinski definition) is 2. The molecule has 1 aliphatic heterocycles. The van der Waals surface area contributed by atoms with Crippen LogP contribution in [0.4, 0.5) is 5.95 Å². The fourth-order valence-corrected chi connectivity index (χ4v) is 2.17. The van der Waals surface area contributed by atoms with E-state index in [1.165, 1.54) is 0 Å². The Morgan fingerprint density at radius 2 is 2.05 bits per heavy atom. The lowest BCUT2D eigenvalue weighted by Gasteiger charge is -2.33. The van der Waals surface area contributed by atoms with Crippen molar-refractivity contribution in [3.05, 3.63) is 17.5 Å². The van der Waals surface area contributed by atoms with Gasteiger partial charge in [0.05, 0.1) is 0 Å². The Morgan fingerprint density at radius 1 is 1.37 bits per heavy atom. The Labute approximate surface area is 112 Å². The number of carbonyl (C=O) groups excluding carboxylic acids is 1. The van der Waals surface area contributed by atoms with Gasteiger partial charge in [0.1, 0.15) is 5.69 Å². The molecule has 2 heterocycles. The maximum absolute atomic E-state index is 12.4. The Bertz CT molecular complexity index is 456. The van der Waals surface area contributed by atoms with Crippen LogP contribution in [0, 0.1) is 6.92 Å². The summed E-state index contributed by atoms with van der Waals surface area (Å²) in [4.78, 5) is 24.7. The molecule has 7 nitrogen and oxygen atoms in total. The van der Waals surface area contributed by atoms with Crippen LogP contribution in [-0.4, -0.2) is 58.4 Å². The van der Waals surface area contributed by atoms with Crippen LogP contribution in [0.3, 0.4) is 0 Å². The molecule has 7 heteroatoms. The third-order valence-corrected chi connectivity index (χ3v) is 3.31. The maximum Gasteiger partial charge on any atom is 0.272 e. The number of nitrogens with zero attached hydrogens (tertiary/aromatic N) is 4. The lowest BCUT2D eigenvalue weighted by Crippen LogP contribution is -2.48. The highest BCUT2D eigenvalue weighted by molar-refractivity contribution is 5.92. The number of anilines is 1. The zero-order valence-corrected chi connectivity index (χ0v) is 11.4. The first-order valence-electron chi connectivity index (χ1n) is 6.48. The summed E-state index contributed by atoms with van der Waals surface area (Å²) in [6.45, 7) is 8.26. The molecular formula is C12H20N6O. The van der Waals surface area contributed by atoms with Crippen LogP contribution in [-0.2, 0) is 0 Å². The Hall–Kier alpha value is -1.73. The fourth-order valence-electron chi connectivity index (χ4n) is 2.17. The second kappa shape index (κ2) is 5.94. The molecule has 1 aromatic rings. The second-order valence-corrected chi connectivity index (χ2v) is 4.59. The van der Waals surface area contributed by atoms with Gasteiger partial charge in [0, 0.05) is 31.9 Å². The van der Waals surface area contributed by atoms with E-state index in [4.69, 9.17) is 5.84 Å². The van der Waals surface area contributed by atoms with E-state index in [1.54, 1.807) is 6.07 Å². The van der Waals surface area contributed by atoms with Crippen molar-refractivity contribution >= 4 is 11.9 Å². The highest BCUT2D eigenvalue weighted by Gasteiger charge is 2.22. The van der Waals surface area contributed by atoms with Crippen molar-refractivity contribution in [1.82, 2.24) is 19.8 Å². The van der Waals surface area contributed by atoms with Gasteiger partial charge in [0.15, 0.2) is 0 Å². The van der Waals surface area contributed by atoms with E-state index in [0.717, 1.165) is 38.4 Å². The predicted molar refractivity (Wildman–Crippen MR) is 72.6 cm³/mol. The topological polar surface area (TPSA) is 87.4 Å². The molecule has 0 aliphatic carbocycles. The summed E-state index contributed by atoms with van der Waals surface area (Å²) in [6.07, 6.45) is 0. The van der Waals surface area contributed by atoms with Gasteiger partial charge in [0.25, 0.3) is 5.91 Å². The van der Waals surface area contributed by atoms with Gasteiger partial charge >= 0.3 is 0 Å². The van der Waals surface area contributed by atoms with Gasteiger partial charge in [0.2, 0.25) is 5.95 Å². The molecule has 0 saturated carbocycles. The number of likely N-dealkylation sites (N-methyl/N-ethyl adjacent to an activating group) is 1. The molecule has 0 spiro atoms. The standard InChI is InChI=1S/C12H20N6O/c1-3-17-4-6-18(7-5-17)11(19)10-8-9(2)14-12(15-10)16-13/h8H,3-7,13H2,1-2H3,(H,14,15,16). The first kappa shape index (κ1) is 13.7. The lowest BCUT2D eigenvalue weighted by atomic mass is 10.2. The summed E-state index contributed by atoms with van der Waals surface area (Å²) in [5, 5.41) is 0. The molecule has 1 amide bonds. The first-order chi connectivity index (χ1) is 9.13. The summed E-state index contributed by atoms with van der Waals surface area (Å²) in [6, 6.07) is 1.69. The van der Waals surface area contributed by atoms with Crippen LogP contribution in [0.2, 0.25) is 0 Å². The van der Waals surface area contributed by atoms with Crippen molar-refractivity contribution in [2.45, 2.75) is 13.8 Å². The molecule has 2 rings (SSSR count). The van der Waals surface area contributed by atoms with Crippen LogP contribution >= 0.6 is 0 Å². The third-order valence-electron chi connectivity index (χ3n) is 3.31. The van der Waals surface area contributed by atoms with E-state index >= 15 is 0 Å². The highest BCUT2D eigenvalue weighted by Crippen LogP contribution is 2.09. The number of hydrogen-bond acceptors (Lipinski definition) is 6. The average Bonchev–Trinajstić information content (AvgIpc) is 2.46. The van der Waals surface area contributed by atoms with Gasteiger partial charge in [-0.05, 0) is 19.5 Å². The van der Waals surface area contributed by atoms with Crippen LogP contribution in [0.5, 0.6) is 0 Å². The van der Waals surface area contributed by atoms with Gasteiger partial charge in [-0.1, -0.05) is 6.92 Å². The maximum atomic E-state index is 12.4. The molecule has 19 heavy (non-hydrogen) atoms. The van der Waals surface area contributed by atoms with Gasteiger partial charge in [-0.3, -0.25) is 10.2 Å². The number of amides is 1. The number of rotatable bonds is 3. The Kier molecular flexibility index (Phi) is 4.28. The normalized spacial score (nSPS) is 16.5. The summed E-state index contributed by atoms with van der Waals surface area (Å²) >= 11 is 0. The SMILES string of the molecule is CCN1CCN(C(=O)c2cc(C)nc(NN)n2)CC1. The number of piperazine rings is 1. The zero-order chi connectivity index (χ0) is 13.8. The van der Waals surface area contributed by atoms with Gasteiger partial charge in [-0.25, -0.2) is 15.8 Å². The molecule has 0 bridgehead atoms. The summed E-state index contributed by atoms with van der Waals surface area (Å²) < 4.78 is 0.